The number of benzene rings is 3. The Morgan fingerprint density at radius 2 is 1.82 bits per heavy atom. The zero-order chi connectivity index (χ0) is 27.1. The van der Waals surface area contributed by atoms with Crippen molar-refractivity contribution >= 4 is 45.0 Å². The summed E-state index contributed by atoms with van der Waals surface area (Å²) < 4.78 is 6.60. The number of nitrogens with zero attached hydrogens (tertiary/aromatic N) is 3. The quantitative estimate of drug-likeness (QED) is 0.244. The van der Waals surface area contributed by atoms with Gasteiger partial charge >= 0.3 is 0 Å². The first-order valence-corrected chi connectivity index (χ1v) is 13.4. The van der Waals surface area contributed by atoms with Crippen molar-refractivity contribution in [3.63, 3.8) is 0 Å². The molecule has 3 aromatic carbocycles. The van der Waals surface area contributed by atoms with Gasteiger partial charge in [-0.25, -0.2) is 9.88 Å². The second-order valence-corrected chi connectivity index (χ2v) is 10.7. The summed E-state index contributed by atoms with van der Waals surface area (Å²) in [5.74, 6) is -0.572. The van der Waals surface area contributed by atoms with E-state index in [9.17, 15) is 14.4 Å². The molecule has 1 aliphatic heterocycles. The van der Waals surface area contributed by atoms with E-state index in [0.29, 0.717) is 17.0 Å². The number of carbonyl (C=O) groups excluding carboxylic acids is 3. The molecule has 1 atom stereocenters. The predicted molar refractivity (Wildman–Crippen MR) is 150 cm³/mol. The third-order valence-corrected chi connectivity index (χ3v) is 8.03. The van der Waals surface area contributed by atoms with Crippen molar-refractivity contribution in [3.05, 3.63) is 108 Å². The lowest BCUT2D eigenvalue weighted by Gasteiger charge is -2.27. The van der Waals surface area contributed by atoms with Gasteiger partial charge in [-0.1, -0.05) is 24.3 Å². The van der Waals surface area contributed by atoms with Crippen LogP contribution in [0.3, 0.4) is 0 Å². The summed E-state index contributed by atoms with van der Waals surface area (Å²) in [6.45, 7) is 3.98. The van der Waals surface area contributed by atoms with Crippen LogP contribution < -0.4 is 4.90 Å². The fraction of sp³-hybridized carbons (Fsp3) is 0.161. The van der Waals surface area contributed by atoms with E-state index >= 15 is 0 Å². The van der Waals surface area contributed by atoms with Crippen LogP contribution in [-0.4, -0.2) is 33.6 Å². The molecule has 0 spiro atoms. The molecule has 1 fully saturated rings. The highest BCUT2D eigenvalue weighted by atomic mass is 32.1. The van der Waals surface area contributed by atoms with Crippen LogP contribution in [0.2, 0.25) is 0 Å². The molecule has 0 N–H and O–H groups in total. The molecule has 7 nitrogen and oxygen atoms in total. The number of furan rings is 1. The van der Waals surface area contributed by atoms with Gasteiger partial charge in [0.1, 0.15) is 16.8 Å². The fourth-order valence-corrected chi connectivity index (χ4v) is 5.97. The number of thiazole rings is 1. The summed E-state index contributed by atoms with van der Waals surface area (Å²) in [6, 6.07) is 23.2. The molecular weight excluding hydrogens is 510 g/mol. The molecule has 1 unspecified atom stereocenters. The topological polar surface area (TPSA) is 83.7 Å². The van der Waals surface area contributed by atoms with Crippen molar-refractivity contribution in [2.24, 2.45) is 0 Å². The average molecular weight is 536 g/mol. The maximum atomic E-state index is 13.7. The lowest BCUT2D eigenvalue weighted by Crippen LogP contribution is -2.45. The first kappa shape index (κ1) is 24.8. The standard InChI is InChI=1S/C31H25N3O4S/c1-19-9-14-25-27(16-19)39-29(32-25)21-10-12-22(13-11-21)34-28(35)17-26(31(34)37)33(18-23-7-5-15-38-23)30(36)24-8-4-3-6-20(24)2/h3-16,26H,17-18H2,1-2H3. The maximum absolute atomic E-state index is 13.7. The van der Waals surface area contributed by atoms with Gasteiger partial charge in [-0.05, 0) is 79.6 Å². The number of rotatable bonds is 6. The van der Waals surface area contributed by atoms with Gasteiger partial charge in [-0.15, -0.1) is 11.3 Å². The van der Waals surface area contributed by atoms with Crippen molar-refractivity contribution in [1.29, 1.82) is 0 Å². The van der Waals surface area contributed by atoms with Gasteiger partial charge in [-0.3, -0.25) is 14.4 Å². The van der Waals surface area contributed by atoms with E-state index in [2.05, 4.69) is 13.0 Å². The summed E-state index contributed by atoms with van der Waals surface area (Å²) in [6.07, 6.45) is 1.42. The Balaban J connectivity index is 1.29. The average Bonchev–Trinajstić information content (AvgIpc) is 3.66. The molecule has 0 bridgehead atoms. The molecule has 0 radical (unpaired) electrons. The number of amides is 3. The van der Waals surface area contributed by atoms with Crippen molar-refractivity contribution in [2.45, 2.75) is 32.9 Å². The van der Waals surface area contributed by atoms with E-state index in [1.807, 2.05) is 43.3 Å². The van der Waals surface area contributed by atoms with Crippen molar-refractivity contribution < 1.29 is 18.8 Å². The number of hydrogen-bond acceptors (Lipinski definition) is 6. The third-order valence-electron chi connectivity index (χ3n) is 6.96. The molecule has 3 heterocycles. The number of anilines is 1. The minimum atomic E-state index is -0.943. The van der Waals surface area contributed by atoms with Crippen LogP contribution in [0, 0.1) is 13.8 Å². The number of imide groups is 1. The number of hydrogen-bond donors (Lipinski definition) is 0. The highest BCUT2D eigenvalue weighted by Crippen LogP contribution is 2.33. The second-order valence-electron chi connectivity index (χ2n) is 9.65. The smallest absolute Gasteiger partial charge is 0.257 e. The fourth-order valence-electron chi connectivity index (χ4n) is 4.90. The van der Waals surface area contributed by atoms with Gasteiger partial charge in [-0.2, -0.15) is 0 Å². The Morgan fingerprint density at radius 3 is 2.56 bits per heavy atom. The Hall–Kier alpha value is -4.56. The number of aromatic nitrogens is 1. The van der Waals surface area contributed by atoms with E-state index in [4.69, 9.17) is 9.40 Å². The Morgan fingerprint density at radius 1 is 1.03 bits per heavy atom. The normalized spacial score (nSPS) is 15.3. The first-order chi connectivity index (χ1) is 18.9. The molecule has 2 aromatic heterocycles. The number of carbonyl (C=O) groups is 3. The third kappa shape index (κ3) is 4.64. The summed E-state index contributed by atoms with van der Waals surface area (Å²) in [7, 11) is 0. The predicted octanol–water partition coefficient (Wildman–Crippen LogP) is 6.15. The highest BCUT2D eigenvalue weighted by Gasteiger charge is 2.45. The number of aryl methyl sites for hydroxylation is 2. The second kappa shape index (κ2) is 9.96. The van der Waals surface area contributed by atoms with Crippen LogP contribution in [0.4, 0.5) is 5.69 Å². The summed E-state index contributed by atoms with van der Waals surface area (Å²) in [5, 5.41) is 0.868. The summed E-state index contributed by atoms with van der Waals surface area (Å²) in [4.78, 5) is 47.9. The molecule has 8 heteroatoms. The number of fused-ring (bicyclic) bond motifs is 1. The van der Waals surface area contributed by atoms with Crippen LogP contribution in [0.25, 0.3) is 20.8 Å². The highest BCUT2D eigenvalue weighted by molar-refractivity contribution is 7.21. The van der Waals surface area contributed by atoms with Gasteiger partial charge < -0.3 is 9.32 Å². The lowest BCUT2D eigenvalue weighted by atomic mass is 10.1. The van der Waals surface area contributed by atoms with Gasteiger partial charge in [0.05, 0.1) is 35.1 Å². The van der Waals surface area contributed by atoms with Crippen LogP contribution in [-0.2, 0) is 16.1 Å². The van der Waals surface area contributed by atoms with Crippen molar-refractivity contribution in [2.75, 3.05) is 4.90 Å². The van der Waals surface area contributed by atoms with Gasteiger partial charge in [0.15, 0.2) is 0 Å². The van der Waals surface area contributed by atoms with E-state index < -0.39 is 11.9 Å². The summed E-state index contributed by atoms with van der Waals surface area (Å²) >= 11 is 1.60. The maximum Gasteiger partial charge on any atom is 0.257 e. The molecular formula is C31H25N3O4S. The Bertz CT molecular complexity index is 1710. The van der Waals surface area contributed by atoms with E-state index in [-0.39, 0.29) is 24.8 Å². The molecule has 39 heavy (non-hydrogen) atoms. The first-order valence-electron chi connectivity index (χ1n) is 12.6. The molecule has 194 valence electrons. The zero-order valence-electron chi connectivity index (χ0n) is 21.5. The van der Waals surface area contributed by atoms with Crippen molar-refractivity contribution in [3.8, 4) is 10.6 Å². The Labute approximate surface area is 229 Å². The van der Waals surface area contributed by atoms with E-state index in [1.54, 1.807) is 47.7 Å². The molecule has 5 aromatic rings. The Kier molecular flexibility index (Phi) is 6.32. The van der Waals surface area contributed by atoms with Crippen LogP contribution in [0.15, 0.2) is 89.5 Å². The summed E-state index contributed by atoms with van der Waals surface area (Å²) in [5.41, 5.74) is 4.76. The molecule has 1 aliphatic rings. The van der Waals surface area contributed by atoms with Gasteiger partial charge in [0.2, 0.25) is 5.91 Å². The van der Waals surface area contributed by atoms with Gasteiger partial charge in [0, 0.05) is 11.1 Å². The van der Waals surface area contributed by atoms with Crippen molar-refractivity contribution in [1.82, 2.24) is 9.88 Å². The lowest BCUT2D eigenvalue weighted by molar-refractivity contribution is -0.122. The molecule has 6 rings (SSSR count). The van der Waals surface area contributed by atoms with Crippen LogP contribution in [0.5, 0.6) is 0 Å². The van der Waals surface area contributed by atoms with Gasteiger partial charge in [0.25, 0.3) is 11.8 Å². The molecule has 0 saturated carbocycles. The largest absolute Gasteiger partial charge is 0.467 e. The zero-order valence-corrected chi connectivity index (χ0v) is 22.3. The minimum absolute atomic E-state index is 0.0771. The molecule has 3 amide bonds. The monoisotopic (exact) mass is 535 g/mol. The molecule has 1 saturated heterocycles. The van der Waals surface area contributed by atoms with E-state index in [0.717, 1.165) is 26.4 Å². The van der Waals surface area contributed by atoms with E-state index in [1.165, 1.54) is 21.6 Å². The minimum Gasteiger partial charge on any atom is -0.467 e. The molecule has 0 aliphatic carbocycles. The van der Waals surface area contributed by atoms with Crippen LogP contribution in [0.1, 0.15) is 33.7 Å². The SMILES string of the molecule is Cc1ccc2nc(-c3ccc(N4C(=O)CC(N(Cc5ccco5)C(=O)c5ccccc5C)C4=O)cc3)sc2c1. The van der Waals surface area contributed by atoms with Crippen LogP contribution >= 0.6 is 11.3 Å².